The van der Waals surface area contributed by atoms with Crippen molar-refractivity contribution in [3.8, 4) is 0 Å². The fourth-order valence-corrected chi connectivity index (χ4v) is 3.42. The Bertz CT molecular complexity index is 729. The summed E-state index contributed by atoms with van der Waals surface area (Å²) in [5.74, 6) is -0.00529. The van der Waals surface area contributed by atoms with E-state index in [4.69, 9.17) is 4.74 Å². The van der Waals surface area contributed by atoms with Crippen molar-refractivity contribution in [1.29, 1.82) is 0 Å². The van der Waals surface area contributed by atoms with E-state index in [1.807, 2.05) is 24.7 Å². The van der Waals surface area contributed by atoms with Gasteiger partial charge in [0.15, 0.2) is 0 Å². The van der Waals surface area contributed by atoms with Crippen molar-refractivity contribution in [3.05, 3.63) is 47.8 Å². The van der Waals surface area contributed by atoms with Gasteiger partial charge in [0.25, 0.3) is 0 Å². The predicted molar refractivity (Wildman–Crippen MR) is 98.6 cm³/mol. The molecule has 0 aliphatic carbocycles. The van der Waals surface area contributed by atoms with Gasteiger partial charge in [-0.1, -0.05) is 6.07 Å². The third kappa shape index (κ3) is 3.94. The van der Waals surface area contributed by atoms with Gasteiger partial charge in [-0.3, -0.25) is 14.7 Å². The van der Waals surface area contributed by atoms with Crippen molar-refractivity contribution < 1.29 is 9.53 Å². The van der Waals surface area contributed by atoms with Crippen LogP contribution in [0.15, 0.2) is 30.9 Å². The molecule has 0 spiro atoms. The third-order valence-corrected chi connectivity index (χ3v) is 4.69. The van der Waals surface area contributed by atoms with E-state index in [1.54, 1.807) is 13.3 Å². The molecule has 0 saturated heterocycles. The largest absolute Gasteiger partial charge is 0.383 e. The van der Waals surface area contributed by atoms with Crippen molar-refractivity contribution in [3.63, 3.8) is 0 Å². The van der Waals surface area contributed by atoms with E-state index >= 15 is 0 Å². The molecule has 7 heteroatoms. The summed E-state index contributed by atoms with van der Waals surface area (Å²) in [5.41, 5.74) is 3.12. The summed E-state index contributed by atoms with van der Waals surface area (Å²) in [7, 11) is 1.63. The molecule has 7 nitrogen and oxygen atoms in total. The van der Waals surface area contributed by atoms with E-state index in [0.717, 1.165) is 29.9 Å². The first-order valence-electron chi connectivity index (χ1n) is 9.07. The standard InChI is InChI=1S/C19H27N5O2/c1-14(2)24-13-22-16-6-9-23(12-15-5-4-7-20-11-15)18(17(16)24)19(25)21-8-10-26-3/h4-5,7,11,13-14,18H,6,8-10,12H2,1-3H3,(H,21,25). The van der Waals surface area contributed by atoms with Gasteiger partial charge in [-0.05, 0) is 25.5 Å². The number of aromatic nitrogens is 3. The molecule has 1 N–H and O–H groups in total. The number of nitrogens with one attached hydrogen (secondary N) is 1. The highest BCUT2D eigenvalue weighted by molar-refractivity contribution is 5.83. The minimum atomic E-state index is -0.360. The number of rotatable bonds is 7. The minimum absolute atomic E-state index is 0.00529. The summed E-state index contributed by atoms with van der Waals surface area (Å²) < 4.78 is 7.18. The molecule has 0 fully saturated rings. The van der Waals surface area contributed by atoms with Gasteiger partial charge >= 0.3 is 0 Å². The number of methoxy groups -OCH3 is 1. The number of imidazole rings is 1. The second-order valence-corrected chi connectivity index (χ2v) is 6.85. The molecule has 0 radical (unpaired) electrons. The lowest BCUT2D eigenvalue weighted by molar-refractivity contribution is -0.127. The summed E-state index contributed by atoms with van der Waals surface area (Å²) in [6, 6.07) is 3.86. The van der Waals surface area contributed by atoms with Gasteiger partial charge in [-0.2, -0.15) is 0 Å². The average Bonchev–Trinajstić information content (AvgIpc) is 3.07. The van der Waals surface area contributed by atoms with Crippen LogP contribution in [0.25, 0.3) is 0 Å². The van der Waals surface area contributed by atoms with Crippen molar-refractivity contribution in [1.82, 2.24) is 24.8 Å². The monoisotopic (exact) mass is 357 g/mol. The molecular formula is C19H27N5O2. The number of fused-ring (bicyclic) bond motifs is 1. The van der Waals surface area contributed by atoms with Crippen LogP contribution in [0.3, 0.4) is 0 Å². The molecule has 0 saturated carbocycles. The highest BCUT2D eigenvalue weighted by atomic mass is 16.5. The van der Waals surface area contributed by atoms with E-state index in [9.17, 15) is 4.79 Å². The molecule has 26 heavy (non-hydrogen) atoms. The molecule has 1 aliphatic rings. The van der Waals surface area contributed by atoms with Gasteiger partial charge in [0.1, 0.15) is 6.04 Å². The lowest BCUT2D eigenvalue weighted by Crippen LogP contribution is -2.45. The van der Waals surface area contributed by atoms with Crippen LogP contribution in [0.4, 0.5) is 0 Å². The first-order valence-corrected chi connectivity index (χ1v) is 9.07. The SMILES string of the molecule is COCCNC(=O)C1c2c(ncn2C(C)C)CCN1Cc1cccnc1. The maximum absolute atomic E-state index is 13.0. The lowest BCUT2D eigenvalue weighted by atomic mass is 10.00. The zero-order valence-electron chi connectivity index (χ0n) is 15.7. The summed E-state index contributed by atoms with van der Waals surface area (Å²) in [6.07, 6.45) is 6.32. The molecule has 3 heterocycles. The Morgan fingerprint density at radius 2 is 2.31 bits per heavy atom. The van der Waals surface area contributed by atoms with Crippen LogP contribution in [0, 0.1) is 0 Å². The summed E-state index contributed by atoms with van der Waals surface area (Å²) in [6.45, 7) is 6.69. The molecule has 1 aliphatic heterocycles. The molecular weight excluding hydrogens is 330 g/mol. The van der Waals surface area contributed by atoms with Crippen LogP contribution in [-0.4, -0.2) is 52.1 Å². The first kappa shape index (κ1) is 18.5. The Labute approximate surface area is 154 Å². The molecule has 1 unspecified atom stereocenters. The van der Waals surface area contributed by atoms with Crippen LogP contribution < -0.4 is 5.32 Å². The Morgan fingerprint density at radius 1 is 1.46 bits per heavy atom. The zero-order valence-corrected chi connectivity index (χ0v) is 15.7. The second-order valence-electron chi connectivity index (χ2n) is 6.85. The second kappa shape index (κ2) is 8.42. The normalized spacial score (nSPS) is 17.3. The Kier molecular flexibility index (Phi) is 6.00. The van der Waals surface area contributed by atoms with Gasteiger partial charge in [-0.25, -0.2) is 4.98 Å². The lowest BCUT2D eigenvalue weighted by Gasteiger charge is -2.35. The maximum Gasteiger partial charge on any atom is 0.243 e. The van der Waals surface area contributed by atoms with E-state index < -0.39 is 0 Å². The van der Waals surface area contributed by atoms with Crippen molar-refractivity contribution >= 4 is 5.91 Å². The molecule has 2 aromatic rings. The van der Waals surface area contributed by atoms with Crippen LogP contribution in [0.5, 0.6) is 0 Å². The van der Waals surface area contributed by atoms with Gasteiger partial charge in [-0.15, -0.1) is 0 Å². The van der Waals surface area contributed by atoms with Crippen LogP contribution in [0.2, 0.25) is 0 Å². The number of carbonyl (C=O) groups excluding carboxylic acids is 1. The summed E-state index contributed by atoms with van der Waals surface area (Å²) in [5, 5.41) is 3.00. The summed E-state index contributed by atoms with van der Waals surface area (Å²) in [4.78, 5) is 24.0. The molecule has 0 aromatic carbocycles. The highest BCUT2D eigenvalue weighted by Gasteiger charge is 2.36. The predicted octanol–water partition coefficient (Wildman–Crippen LogP) is 1.72. The van der Waals surface area contributed by atoms with E-state index in [0.29, 0.717) is 19.7 Å². The highest BCUT2D eigenvalue weighted by Crippen LogP contribution is 2.32. The van der Waals surface area contributed by atoms with E-state index in [2.05, 4.69) is 38.6 Å². The number of amides is 1. The van der Waals surface area contributed by atoms with Crippen LogP contribution in [-0.2, 0) is 22.5 Å². The van der Waals surface area contributed by atoms with E-state index in [-0.39, 0.29) is 18.0 Å². The Balaban J connectivity index is 1.90. The van der Waals surface area contributed by atoms with Crippen molar-refractivity contribution in [2.75, 3.05) is 26.8 Å². The number of hydrogen-bond acceptors (Lipinski definition) is 5. The number of hydrogen-bond donors (Lipinski definition) is 1. The number of carbonyl (C=O) groups is 1. The molecule has 1 atom stereocenters. The minimum Gasteiger partial charge on any atom is -0.383 e. The van der Waals surface area contributed by atoms with Gasteiger partial charge in [0.2, 0.25) is 5.91 Å². The Hall–Kier alpha value is -2.25. The number of nitrogens with zero attached hydrogens (tertiary/aromatic N) is 4. The number of ether oxygens (including phenoxy) is 1. The van der Waals surface area contributed by atoms with Gasteiger partial charge in [0.05, 0.1) is 24.3 Å². The molecule has 0 bridgehead atoms. The van der Waals surface area contributed by atoms with Crippen LogP contribution >= 0.6 is 0 Å². The van der Waals surface area contributed by atoms with Crippen molar-refractivity contribution in [2.45, 2.75) is 38.9 Å². The molecule has 3 rings (SSSR count). The van der Waals surface area contributed by atoms with Crippen LogP contribution in [0.1, 0.15) is 42.9 Å². The Morgan fingerprint density at radius 3 is 3.00 bits per heavy atom. The fraction of sp³-hybridized carbons (Fsp3) is 0.526. The average molecular weight is 357 g/mol. The molecule has 140 valence electrons. The quantitative estimate of drug-likeness (QED) is 0.764. The zero-order chi connectivity index (χ0) is 18.5. The number of pyridine rings is 1. The fourth-order valence-electron chi connectivity index (χ4n) is 3.42. The van der Waals surface area contributed by atoms with Gasteiger partial charge in [0, 0.05) is 51.6 Å². The first-order chi connectivity index (χ1) is 12.6. The van der Waals surface area contributed by atoms with E-state index in [1.165, 1.54) is 0 Å². The van der Waals surface area contributed by atoms with Crippen molar-refractivity contribution in [2.24, 2.45) is 0 Å². The molecule has 2 aromatic heterocycles. The summed E-state index contributed by atoms with van der Waals surface area (Å²) >= 11 is 0. The van der Waals surface area contributed by atoms with Gasteiger partial charge < -0.3 is 14.6 Å². The third-order valence-electron chi connectivity index (χ3n) is 4.69. The smallest absolute Gasteiger partial charge is 0.243 e. The molecule has 1 amide bonds. The topological polar surface area (TPSA) is 72.3 Å². The maximum atomic E-state index is 13.0.